The van der Waals surface area contributed by atoms with Gasteiger partial charge in [0.05, 0.1) is 0 Å². The fourth-order valence-electron chi connectivity index (χ4n) is 4.64. The van der Waals surface area contributed by atoms with Gasteiger partial charge in [0.15, 0.2) is 23.8 Å². The van der Waals surface area contributed by atoms with E-state index >= 15 is 0 Å². The molecule has 2 saturated heterocycles. The number of ether oxygens (including phenoxy) is 4. The Balaban J connectivity index is 1.57. The SMILES string of the molecule is COC12OC(C(=O)c3ccccc31)C1(S2)SC2(OC)OC1C(=O)c1ccccc12. The van der Waals surface area contributed by atoms with Crippen LogP contribution in [0.5, 0.6) is 0 Å². The number of fused-ring (bicyclic) bond motifs is 10. The number of carbonyl (C=O) groups excluding carboxylic acids is 2. The standard InChI is InChI=1S/C21H16O6S2/c1-24-20-13-9-5-3-7-11(13)15(22)17(26-20)19(28-20)18-16(23)12-8-4-6-10-14(12)21(25-2,27-18)29-19/h3-10,17-18H,1-2H3. The third kappa shape index (κ3) is 2.00. The van der Waals surface area contributed by atoms with Crippen LogP contribution in [0, 0.1) is 0 Å². The normalized spacial score (nSPS) is 39.0. The lowest BCUT2D eigenvalue weighted by molar-refractivity contribution is -0.185. The van der Waals surface area contributed by atoms with Gasteiger partial charge in [-0.05, 0) is 0 Å². The number of methoxy groups -OCH3 is 2. The van der Waals surface area contributed by atoms with E-state index in [2.05, 4.69) is 0 Å². The third-order valence-corrected chi connectivity index (χ3v) is 9.42. The molecule has 0 aliphatic carbocycles. The summed E-state index contributed by atoms with van der Waals surface area (Å²) in [4.78, 5) is 26.9. The second kappa shape index (κ2) is 5.72. The molecular formula is C21H16O6S2. The Kier molecular flexibility index (Phi) is 3.57. The van der Waals surface area contributed by atoms with E-state index in [-0.39, 0.29) is 11.6 Å². The van der Waals surface area contributed by atoms with E-state index in [9.17, 15) is 9.59 Å². The highest BCUT2D eigenvalue weighted by Gasteiger charge is 2.77. The van der Waals surface area contributed by atoms with Crippen LogP contribution in [0.3, 0.4) is 0 Å². The average Bonchev–Trinajstić information content (AvgIpc) is 3.24. The fourth-order valence-corrected chi connectivity index (χ4v) is 8.38. The van der Waals surface area contributed by atoms with Gasteiger partial charge in [-0.25, -0.2) is 0 Å². The highest BCUT2D eigenvalue weighted by molar-refractivity contribution is 8.19. The topological polar surface area (TPSA) is 71.1 Å². The average molecular weight is 428 g/mol. The van der Waals surface area contributed by atoms with Crippen molar-refractivity contribution in [3.05, 3.63) is 70.8 Å². The van der Waals surface area contributed by atoms with Crippen molar-refractivity contribution in [1.82, 2.24) is 0 Å². The number of carbonyl (C=O) groups is 2. The first-order valence-corrected chi connectivity index (χ1v) is 10.8. The van der Waals surface area contributed by atoms with E-state index in [1.54, 1.807) is 26.4 Å². The maximum absolute atomic E-state index is 13.4. The van der Waals surface area contributed by atoms with Crippen molar-refractivity contribution >= 4 is 35.1 Å². The monoisotopic (exact) mass is 428 g/mol. The van der Waals surface area contributed by atoms with Crippen molar-refractivity contribution in [2.24, 2.45) is 0 Å². The largest absolute Gasteiger partial charge is 0.341 e. The van der Waals surface area contributed by atoms with Gasteiger partial charge in [-0.15, -0.1) is 0 Å². The van der Waals surface area contributed by atoms with Crippen LogP contribution in [0.2, 0.25) is 0 Å². The minimum atomic E-state index is -1.19. The minimum absolute atomic E-state index is 0.176. The summed E-state index contributed by atoms with van der Waals surface area (Å²) in [6.45, 7) is 0. The molecule has 6 rings (SSSR count). The number of Topliss-reactive ketones (excluding diaryl/α,β-unsaturated/α-hetero) is 2. The van der Waals surface area contributed by atoms with E-state index in [1.807, 2.05) is 36.4 Å². The number of rotatable bonds is 2. The molecular weight excluding hydrogens is 412 g/mol. The van der Waals surface area contributed by atoms with Gasteiger partial charge in [-0.2, -0.15) is 0 Å². The molecule has 1 spiro atoms. The predicted octanol–water partition coefficient (Wildman–Crippen LogP) is 3.25. The highest BCUT2D eigenvalue weighted by Crippen LogP contribution is 2.73. The van der Waals surface area contributed by atoms with E-state index in [0.717, 1.165) is 0 Å². The van der Waals surface area contributed by atoms with Crippen LogP contribution in [0.25, 0.3) is 0 Å². The van der Waals surface area contributed by atoms with Crippen LogP contribution < -0.4 is 0 Å². The zero-order valence-electron chi connectivity index (χ0n) is 15.5. The zero-order chi connectivity index (χ0) is 20.0. The molecule has 0 radical (unpaired) electrons. The number of benzene rings is 2. The Labute approximate surface area is 175 Å². The first-order chi connectivity index (χ1) is 14.0. The first kappa shape index (κ1) is 18.1. The van der Waals surface area contributed by atoms with Crippen LogP contribution >= 0.6 is 23.5 Å². The fraction of sp³-hybridized carbons (Fsp3) is 0.333. The molecule has 0 saturated carbocycles. The van der Waals surface area contributed by atoms with Crippen LogP contribution in [-0.4, -0.2) is 42.1 Å². The van der Waals surface area contributed by atoms with E-state index in [1.165, 1.54) is 23.5 Å². The van der Waals surface area contributed by atoms with Crippen molar-refractivity contribution in [3.63, 3.8) is 0 Å². The molecule has 0 aromatic heterocycles. The minimum Gasteiger partial charge on any atom is -0.341 e. The first-order valence-electron chi connectivity index (χ1n) is 9.14. The van der Waals surface area contributed by atoms with E-state index in [0.29, 0.717) is 22.3 Å². The summed E-state index contributed by atoms with van der Waals surface area (Å²) in [5, 5.41) is -2.38. The Morgan fingerprint density at radius 2 is 1.17 bits per heavy atom. The molecule has 4 atom stereocenters. The quantitative estimate of drug-likeness (QED) is 0.722. The molecule has 2 aromatic rings. The Morgan fingerprint density at radius 3 is 1.59 bits per heavy atom. The van der Waals surface area contributed by atoms with Gasteiger partial charge in [-0.1, -0.05) is 72.1 Å². The number of ketones is 2. The van der Waals surface area contributed by atoms with Gasteiger partial charge in [0, 0.05) is 36.5 Å². The molecule has 4 unspecified atom stereocenters. The van der Waals surface area contributed by atoms with Gasteiger partial charge in [-0.3, -0.25) is 9.59 Å². The van der Waals surface area contributed by atoms with Crippen LogP contribution in [0.4, 0.5) is 0 Å². The van der Waals surface area contributed by atoms with E-state index in [4.69, 9.17) is 18.9 Å². The summed E-state index contributed by atoms with van der Waals surface area (Å²) in [7, 11) is 3.09. The number of thioether (sulfide) groups is 2. The summed E-state index contributed by atoms with van der Waals surface area (Å²) in [6, 6.07) is 14.5. The van der Waals surface area contributed by atoms with Crippen LogP contribution in [0.1, 0.15) is 31.8 Å². The summed E-state index contributed by atoms with van der Waals surface area (Å²) < 4.78 is 23.1. The molecule has 4 heterocycles. The zero-order valence-corrected chi connectivity index (χ0v) is 17.2. The van der Waals surface area contributed by atoms with Crippen LogP contribution in [-0.2, 0) is 29.2 Å². The summed E-state index contributed by atoms with van der Waals surface area (Å²) >= 11 is 2.64. The van der Waals surface area contributed by atoms with Crippen molar-refractivity contribution < 1.29 is 28.5 Å². The second-order valence-electron chi connectivity index (χ2n) is 7.26. The molecule has 148 valence electrons. The van der Waals surface area contributed by atoms with Crippen molar-refractivity contribution in [2.45, 2.75) is 26.5 Å². The Morgan fingerprint density at radius 1 is 0.759 bits per heavy atom. The van der Waals surface area contributed by atoms with Crippen LogP contribution in [0.15, 0.2) is 48.5 Å². The highest BCUT2D eigenvalue weighted by atomic mass is 32.2. The molecule has 2 aromatic carbocycles. The van der Waals surface area contributed by atoms with Crippen molar-refractivity contribution in [2.75, 3.05) is 14.2 Å². The van der Waals surface area contributed by atoms with E-state index < -0.39 is 26.5 Å². The maximum Gasteiger partial charge on any atom is 0.248 e. The molecule has 0 amide bonds. The van der Waals surface area contributed by atoms with Gasteiger partial charge >= 0.3 is 0 Å². The molecule has 4 aliphatic heterocycles. The number of hydrogen-bond acceptors (Lipinski definition) is 8. The molecule has 4 aliphatic rings. The second-order valence-corrected chi connectivity index (χ2v) is 10.4. The smallest absolute Gasteiger partial charge is 0.248 e. The third-order valence-electron chi connectivity index (χ3n) is 5.92. The molecule has 29 heavy (non-hydrogen) atoms. The Bertz CT molecular complexity index is 1000. The molecule has 4 bridgehead atoms. The van der Waals surface area contributed by atoms with Crippen molar-refractivity contribution in [3.8, 4) is 0 Å². The van der Waals surface area contributed by atoms with Gasteiger partial charge in [0.2, 0.25) is 10.2 Å². The summed E-state index contributed by atoms with van der Waals surface area (Å²) in [5.41, 5.74) is 2.41. The lowest BCUT2D eigenvalue weighted by Crippen LogP contribution is -2.50. The predicted molar refractivity (Wildman–Crippen MR) is 107 cm³/mol. The lowest BCUT2D eigenvalue weighted by Gasteiger charge is -2.32. The molecule has 8 heteroatoms. The number of hydrogen-bond donors (Lipinski definition) is 0. The molecule has 2 fully saturated rings. The Hall–Kier alpha value is -1.68. The van der Waals surface area contributed by atoms with Gasteiger partial charge in [0.1, 0.15) is 4.08 Å². The van der Waals surface area contributed by atoms with Gasteiger partial charge in [0.25, 0.3) is 0 Å². The summed E-state index contributed by atoms with van der Waals surface area (Å²) in [5.74, 6) is -0.352. The molecule has 0 N–H and O–H groups in total. The van der Waals surface area contributed by atoms with Crippen molar-refractivity contribution in [1.29, 1.82) is 0 Å². The molecule has 6 nitrogen and oxygen atoms in total. The lowest BCUT2D eigenvalue weighted by atomic mass is 9.89. The maximum atomic E-state index is 13.4. The van der Waals surface area contributed by atoms with Gasteiger partial charge < -0.3 is 18.9 Å². The summed E-state index contributed by atoms with van der Waals surface area (Å²) in [6.07, 6.45) is -1.82.